The van der Waals surface area contributed by atoms with E-state index in [1.54, 1.807) is 24.3 Å². The summed E-state index contributed by atoms with van der Waals surface area (Å²) in [5.41, 5.74) is 5.83. The van der Waals surface area contributed by atoms with Crippen LogP contribution in [0.15, 0.2) is 35.4 Å². The molecule has 3 N–H and O–H groups in total. The number of para-hydroxylation sites is 1. The number of hydrazone groups is 1. The standard InChI is InChI=1S/C11H11N3O3/c12-10(15)9-6-8(11(16)17)13-14(9)7-4-2-1-3-5-7/h1-5,9H,6H2,(H2,12,15)(H,16,17)/t9-/m1/s1. The first kappa shape index (κ1) is 11.1. The summed E-state index contributed by atoms with van der Waals surface area (Å²) in [5, 5.41) is 14.1. The van der Waals surface area contributed by atoms with Gasteiger partial charge in [0.2, 0.25) is 5.91 Å². The van der Waals surface area contributed by atoms with Gasteiger partial charge < -0.3 is 10.8 Å². The maximum Gasteiger partial charge on any atom is 0.352 e. The van der Waals surface area contributed by atoms with Crippen molar-refractivity contribution in [1.82, 2.24) is 0 Å². The minimum Gasteiger partial charge on any atom is -0.477 e. The summed E-state index contributed by atoms with van der Waals surface area (Å²) in [5.74, 6) is -1.72. The predicted molar refractivity (Wildman–Crippen MR) is 61.6 cm³/mol. The van der Waals surface area contributed by atoms with Crippen molar-refractivity contribution in [2.24, 2.45) is 10.8 Å². The number of hydrogen-bond donors (Lipinski definition) is 2. The number of benzene rings is 1. The molecule has 1 heterocycles. The minimum absolute atomic E-state index is 0.0273. The molecule has 17 heavy (non-hydrogen) atoms. The normalized spacial score (nSPS) is 18.9. The lowest BCUT2D eigenvalue weighted by Gasteiger charge is -2.20. The maximum atomic E-state index is 11.3. The second kappa shape index (κ2) is 4.25. The number of amides is 1. The lowest BCUT2D eigenvalue weighted by atomic mass is 10.1. The highest BCUT2D eigenvalue weighted by Gasteiger charge is 2.34. The van der Waals surface area contributed by atoms with Crippen molar-refractivity contribution < 1.29 is 14.7 Å². The van der Waals surface area contributed by atoms with Crippen LogP contribution in [0.5, 0.6) is 0 Å². The lowest BCUT2D eigenvalue weighted by molar-refractivity contribution is -0.129. The first-order valence-electron chi connectivity index (χ1n) is 5.04. The lowest BCUT2D eigenvalue weighted by Crippen LogP contribution is -2.39. The van der Waals surface area contributed by atoms with E-state index in [1.807, 2.05) is 6.07 Å². The number of primary amides is 1. The summed E-state index contributed by atoms with van der Waals surface area (Å²) in [6.07, 6.45) is 0.0273. The number of nitrogens with two attached hydrogens (primary N) is 1. The quantitative estimate of drug-likeness (QED) is 0.778. The van der Waals surface area contributed by atoms with Crippen LogP contribution in [0.1, 0.15) is 6.42 Å². The molecule has 0 unspecified atom stereocenters. The van der Waals surface area contributed by atoms with Gasteiger partial charge in [0, 0.05) is 6.42 Å². The number of hydrogen-bond acceptors (Lipinski definition) is 4. The Hall–Kier alpha value is -2.37. The summed E-state index contributed by atoms with van der Waals surface area (Å²) in [4.78, 5) is 22.1. The molecular weight excluding hydrogens is 222 g/mol. The van der Waals surface area contributed by atoms with Crippen LogP contribution in [0.25, 0.3) is 0 Å². The van der Waals surface area contributed by atoms with Gasteiger partial charge in [-0.05, 0) is 12.1 Å². The fourth-order valence-electron chi connectivity index (χ4n) is 1.68. The van der Waals surface area contributed by atoms with Crippen LogP contribution < -0.4 is 10.7 Å². The van der Waals surface area contributed by atoms with Crippen LogP contribution in [0.2, 0.25) is 0 Å². The van der Waals surface area contributed by atoms with Gasteiger partial charge in [0.15, 0.2) is 0 Å². The predicted octanol–water partition coefficient (Wildman–Crippen LogP) is 0.191. The molecule has 1 aromatic carbocycles. The van der Waals surface area contributed by atoms with Gasteiger partial charge in [0.25, 0.3) is 0 Å². The maximum absolute atomic E-state index is 11.3. The molecule has 1 amide bonds. The van der Waals surface area contributed by atoms with Crippen molar-refractivity contribution >= 4 is 23.3 Å². The van der Waals surface area contributed by atoms with Gasteiger partial charge in [-0.3, -0.25) is 9.80 Å². The molecule has 2 rings (SSSR count). The SMILES string of the molecule is NC(=O)[C@H]1CC(C(=O)O)=NN1c1ccccc1. The Labute approximate surface area is 97.3 Å². The Kier molecular flexibility index (Phi) is 2.78. The Morgan fingerprint density at radius 3 is 2.53 bits per heavy atom. The van der Waals surface area contributed by atoms with Gasteiger partial charge in [0.05, 0.1) is 5.69 Å². The minimum atomic E-state index is -1.13. The van der Waals surface area contributed by atoms with Gasteiger partial charge >= 0.3 is 5.97 Å². The van der Waals surface area contributed by atoms with Crippen molar-refractivity contribution in [3.05, 3.63) is 30.3 Å². The van der Waals surface area contributed by atoms with Crippen molar-refractivity contribution in [2.45, 2.75) is 12.5 Å². The summed E-state index contributed by atoms with van der Waals surface area (Å²) >= 11 is 0. The molecule has 0 aromatic heterocycles. The average Bonchev–Trinajstić information content (AvgIpc) is 2.75. The van der Waals surface area contributed by atoms with Crippen LogP contribution in [0.4, 0.5) is 5.69 Å². The number of aliphatic carboxylic acids is 1. The van der Waals surface area contributed by atoms with Crippen LogP contribution in [0.3, 0.4) is 0 Å². The highest BCUT2D eigenvalue weighted by Crippen LogP contribution is 2.24. The third-order valence-corrected chi connectivity index (χ3v) is 2.51. The largest absolute Gasteiger partial charge is 0.477 e. The zero-order chi connectivity index (χ0) is 12.4. The summed E-state index contributed by atoms with van der Waals surface area (Å²) in [7, 11) is 0. The van der Waals surface area contributed by atoms with E-state index in [9.17, 15) is 9.59 Å². The Morgan fingerprint density at radius 2 is 2.00 bits per heavy atom. The second-order valence-corrected chi connectivity index (χ2v) is 3.65. The van der Waals surface area contributed by atoms with Gasteiger partial charge in [-0.2, -0.15) is 5.10 Å². The molecule has 1 atom stereocenters. The molecule has 1 aromatic rings. The van der Waals surface area contributed by atoms with E-state index in [2.05, 4.69) is 5.10 Å². The number of nitrogens with zero attached hydrogens (tertiary/aromatic N) is 2. The smallest absolute Gasteiger partial charge is 0.352 e. The zero-order valence-corrected chi connectivity index (χ0v) is 8.91. The molecule has 0 bridgehead atoms. The molecule has 0 saturated carbocycles. The molecule has 1 aliphatic rings. The molecule has 1 aliphatic heterocycles. The first-order valence-corrected chi connectivity index (χ1v) is 5.04. The molecule has 0 saturated heterocycles. The number of carboxylic acids is 1. The molecule has 0 radical (unpaired) electrons. The summed E-state index contributed by atoms with van der Waals surface area (Å²) in [6, 6.07) is 8.13. The Bertz CT molecular complexity index is 484. The van der Waals surface area contributed by atoms with E-state index < -0.39 is 17.9 Å². The molecule has 6 heteroatoms. The zero-order valence-electron chi connectivity index (χ0n) is 8.91. The van der Waals surface area contributed by atoms with E-state index in [0.29, 0.717) is 5.69 Å². The number of carbonyl (C=O) groups is 2. The Morgan fingerprint density at radius 1 is 1.35 bits per heavy atom. The molecular formula is C11H11N3O3. The van der Waals surface area contributed by atoms with Crippen molar-refractivity contribution in [3.8, 4) is 0 Å². The van der Waals surface area contributed by atoms with E-state index in [0.717, 1.165) is 0 Å². The fourth-order valence-corrected chi connectivity index (χ4v) is 1.68. The van der Waals surface area contributed by atoms with Crippen molar-refractivity contribution in [3.63, 3.8) is 0 Å². The highest BCUT2D eigenvalue weighted by molar-refractivity contribution is 6.37. The monoisotopic (exact) mass is 233 g/mol. The van der Waals surface area contributed by atoms with Gasteiger partial charge in [-0.25, -0.2) is 4.79 Å². The summed E-state index contributed by atoms with van der Waals surface area (Å²) in [6.45, 7) is 0. The van der Waals surface area contributed by atoms with Crippen LogP contribution in [0, 0.1) is 0 Å². The molecule has 0 spiro atoms. The van der Waals surface area contributed by atoms with Crippen LogP contribution >= 0.6 is 0 Å². The molecule has 88 valence electrons. The number of rotatable bonds is 3. The van der Waals surface area contributed by atoms with E-state index in [4.69, 9.17) is 10.8 Å². The van der Waals surface area contributed by atoms with E-state index in [-0.39, 0.29) is 12.1 Å². The van der Waals surface area contributed by atoms with Crippen molar-refractivity contribution in [2.75, 3.05) is 5.01 Å². The van der Waals surface area contributed by atoms with Gasteiger partial charge in [-0.15, -0.1) is 0 Å². The molecule has 0 aliphatic carbocycles. The Balaban J connectivity index is 2.35. The third-order valence-electron chi connectivity index (χ3n) is 2.51. The van der Waals surface area contributed by atoms with Gasteiger partial charge in [-0.1, -0.05) is 18.2 Å². The number of anilines is 1. The fraction of sp³-hybridized carbons (Fsp3) is 0.182. The van der Waals surface area contributed by atoms with E-state index in [1.165, 1.54) is 5.01 Å². The number of carboxylic acid groups (broad SMARTS) is 1. The van der Waals surface area contributed by atoms with E-state index >= 15 is 0 Å². The van der Waals surface area contributed by atoms with Crippen LogP contribution in [-0.2, 0) is 9.59 Å². The highest BCUT2D eigenvalue weighted by atomic mass is 16.4. The van der Waals surface area contributed by atoms with Crippen molar-refractivity contribution in [1.29, 1.82) is 0 Å². The van der Waals surface area contributed by atoms with Crippen LogP contribution in [-0.4, -0.2) is 28.7 Å². The molecule has 0 fully saturated rings. The van der Waals surface area contributed by atoms with Gasteiger partial charge in [0.1, 0.15) is 11.8 Å². The first-order chi connectivity index (χ1) is 8.09. The second-order valence-electron chi connectivity index (χ2n) is 3.65. The number of carbonyl (C=O) groups excluding carboxylic acids is 1. The molecule has 6 nitrogen and oxygen atoms in total. The summed E-state index contributed by atoms with van der Waals surface area (Å²) < 4.78 is 0. The average molecular weight is 233 g/mol. The third kappa shape index (κ3) is 2.10. The topological polar surface area (TPSA) is 96.0 Å².